The maximum absolute atomic E-state index is 12.0. The second-order valence-corrected chi connectivity index (χ2v) is 7.51. The Morgan fingerprint density at radius 1 is 1.14 bits per heavy atom. The minimum atomic E-state index is -3.66. The van der Waals surface area contributed by atoms with Gasteiger partial charge in [-0.2, -0.15) is 0 Å². The molecular weight excluding hydrogens is 415 g/mol. The number of nitrogens with one attached hydrogen (secondary N) is 1. The number of amides is 1. The number of sulfonamides is 1. The summed E-state index contributed by atoms with van der Waals surface area (Å²) in [6.45, 7) is 0.471. The summed E-state index contributed by atoms with van der Waals surface area (Å²) in [4.78, 5) is 12.0. The van der Waals surface area contributed by atoms with E-state index in [-0.39, 0.29) is 10.8 Å². The molecule has 2 aromatic carbocycles. The predicted octanol–water partition coefficient (Wildman–Crippen LogP) is 1.91. The molecule has 2 aromatic rings. The monoisotopic (exact) mass is 430 g/mol. The first-order chi connectivity index (χ1) is 10.4. The van der Waals surface area contributed by atoms with Gasteiger partial charge in [-0.25, -0.2) is 13.6 Å². The maximum atomic E-state index is 12.0. The number of nitrogens with two attached hydrogens (primary N) is 1. The van der Waals surface area contributed by atoms with Crippen LogP contribution in [0.3, 0.4) is 0 Å². The van der Waals surface area contributed by atoms with Crippen molar-refractivity contribution < 1.29 is 13.2 Å². The van der Waals surface area contributed by atoms with E-state index in [0.717, 1.165) is 9.13 Å². The van der Waals surface area contributed by atoms with Crippen LogP contribution in [-0.4, -0.2) is 20.9 Å². The van der Waals surface area contributed by atoms with Crippen LogP contribution in [-0.2, 0) is 16.4 Å². The van der Waals surface area contributed by atoms with Crippen LogP contribution in [0.15, 0.2) is 53.4 Å². The van der Waals surface area contributed by atoms with E-state index in [1.165, 1.54) is 12.1 Å². The Kier molecular flexibility index (Phi) is 5.54. The van der Waals surface area contributed by atoms with Gasteiger partial charge in [-0.15, -0.1) is 0 Å². The van der Waals surface area contributed by atoms with Crippen LogP contribution in [0.5, 0.6) is 0 Å². The van der Waals surface area contributed by atoms with E-state index in [1.807, 2.05) is 18.2 Å². The summed E-state index contributed by atoms with van der Waals surface area (Å²) in [6, 6.07) is 13.6. The SMILES string of the molecule is NS(=O)(=O)c1ccc(CCNC(=O)c2cccc(I)c2)cc1. The number of hydrogen-bond donors (Lipinski definition) is 2. The molecule has 0 unspecified atom stereocenters. The summed E-state index contributed by atoms with van der Waals surface area (Å²) in [5.74, 6) is -0.125. The fourth-order valence-corrected chi connectivity index (χ4v) is 2.96. The molecule has 0 aliphatic heterocycles. The molecule has 5 nitrogen and oxygen atoms in total. The molecule has 0 aliphatic rings. The van der Waals surface area contributed by atoms with Gasteiger partial charge in [0.1, 0.15) is 0 Å². The van der Waals surface area contributed by atoms with E-state index < -0.39 is 10.0 Å². The highest BCUT2D eigenvalue weighted by atomic mass is 127. The van der Waals surface area contributed by atoms with Crippen LogP contribution < -0.4 is 10.5 Å². The summed E-state index contributed by atoms with van der Waals surface area (Å²) < 4.78 is 23.3. The first-order valence-corrected chi connectivity index (χ1v) is 9.14. The van der Waals surface area contributed by atoms with E-state index in [0.29, 0.717) is 18.5 Å². The number of benzene rings is 2. The maximum Gasteiger partial charge on any atom is 0.251 e. The summed E-state index contributed by atoms with van der Waals surface area (Å²) in [7, 11) is -3.66. The molecule has 3 N–H and O–H groups in total. The number of carbonyl (C=O) groups is 1. The van der Waals surface area contributed by atoms with Gasteiger partial charge < -0.3 is 5.32 Å². The Morgan fingerprint density at radius 3 is 2.41 bits per heavy atom. The second kappa shape index (κ2) is 7.21. The van der Waals surface area contributed by atoms with Gasteiger partial charge in [0.05, 0.1) is 4.90 Å². The van der Waals surface area contributed by atoms with Crippen LogP contribution in [0, 0.1) is 3.57 Å². The Labute approximate surface area is 143 Å². The molecule has 0 bridgehead atoms. The molecule has 7 heteroatoms. The van der Waals surface area contributed by atoms with Crippen molar-refractivity contribution in [3.63, 3.8) is 0 Å². The first kappa shape index (κ1) is 16.9. The lowest BCUT2D eigenvalue weighted by Gasteiger charge is -2.06. The van der Waals surface area contributed by atoms with Crippen LogP contribution in [0.25, 0.3) is 0 Å². The average molecular weight is 430 g/mol. The quantitative estimate of drug-likeness (QED) is 0.711. The zero-order chi connectivity index (χ0) is 16.2. The van der Waals surface area contributed by atoms with Crippen molar-refractivity contribution in [2.75, 3.05) is 6.54 Å². The van der Waals surface area contributed by atoms with E-state index in [4.69, 9.17) is 5.14 Å². The van der Waals surface area contributed by atoms with Crippen LogP contribution in [0.1, 0.15) is 15.9 Å². The fourth-order valence-electron chi connectivity index (χ4n) is 1.90. The third-order valence-electron chi connectivity index (χ3n) is 3.04. The molecule has 0 fully saturated rings. The molecule has 0 aromatic heterocycles. The van der Waals surface area contributed by atoms with E-state index in [1.54, 1.807) is 18.2 Å². The highest BCUT2D eigenvalue weighted by Crippen LogP contribution is 2.10. The van der Waals surface area contributed by atoms with Gasteiger partial charge in [0, 0.05) is 15.7 Å². The van der Waals surface area contributed by atoms with E-state index in [2.05, 4.69) is 27.9 Å². The number of carbonyl (C=O) groups excluding carboxylic acids is 1. The Morgan fingerprint density at radius 2 is 1.82 bits per heavy atom. The summed E-state index contributed by atoms with van der Waals surface area (Å²) in [6.07, 6.45) is 0.612. The smallest absolute Gasteiger partial charge is 0.251 e. The Bertz CT molecular complexity index is 774. The second-order valence-electron chi connectivity index (χ2n) is 4.71. The minimum absolute atomic E-state index is 0.0825. The highest BCUT2D eigenvalue weighted by molar-refractivity contribution is 14.1. The molecule has 2 rings (SSSR count). The van der Waals surface area contributed by atoms with Crippen molar-refractivity contribution in [3.8, 4) is 0 Å². The number of halogens is 1. The van der Waals surface area contributed by atoms with E-state index in [9.17, 15) is 13.2 Å². The molecule has 22 heavy (non-hydrogen) atoms. The van der Waals surface area contributed by atoms with Gasteiger partial charge in [0.15, 0.2) is 0 Å². The zero-order valence-corrected chi connectivity index (χ0v) is 14.6. The third kappa shape index (κ3) is 4.79. The molecule has 0 spiro atoms. The number of hydrogen-bond acceptors (Lipinski definition) is 3. The fraction of sp³-hybridized carbons (Fsp3) is 0.133. The standard InChI is InChI=1S/C15H15IN2O3S/c16-13-3-1-2-12(10-13)15(19)18-9-8-11-4-6-14(7-5-11)22(17,20)21/h1-7,10H,8-9H2,(H,18,19)(H2,17,20,21). The molecule has 0 radical (unpaired) electrons. The van der Waals surface area contributed by atoms with Gasteiger partial charge in [0.2, 0.25) is 10.0 Å². The molecule has 116 valence electrons. The van der Waals surface area contributed by atoms with Crippen molar-refractivity contribution >= 4 is 38.5 Å². The lowest BCUT2D eigenvalue weighted by molar-refractivity contribution is 0.0954. The molecule has 0 saturated heterocycles. The lowest BCUT2D eigenvalue weighted by atomic mass is 10.1. The lowest BCUT2D eigenvalue weighted by Crippen LogP contribution is -2.25. The first-order valence-electron chi connectivity index (χ1n) is 6.52. The molecule has 0 atom stereocenters. The molecular formula is C15H15IN2O3S. The van der Waals surface area contributed by atoms with Crippen molar-refractivity contribution in [1.29, 1.82) is 0 Å². The minimum Gasteiger partial charge on any atom is -0.352 e. The van der Waals surface area contributed by atoms with Gasteiger partial charge in [-0.05, 0) is 64.9 Å². The molecule has 0 saturated carbocycles. The normalized spacial score (nSPS) is 11.2. The van der Waals surface area contributed by atoms with Gasteiger partial charge in [0.25, 0.3) is 5.91 Å². The Balaban J connectivity index is 1.90. The predicted molar refractivity (Wildman–Crippen MR) is 93.0 cm³/mol. The van der Waals surface area contributed by atoms with Gasteiger partial charge in [-0.1, -0.05) is 18.2 Å². The van der Waals surface area contributed by atoms with Crippen molar-refractivity contribution in [1.82, 2.24) is 5.32 Å². The van der Waals surface area contributed by atoms with Gasteiger partial charge in [-0.3, -0.25) is 4.79 Å². The van der Waals surface area contributed by atoms with Crippen LogP contribution >= 0.6 is 22.6 Å². The molecule has 1 amide bonds. The van der Waals surface area contributed by atoms with Crippen molar-refractivity contribution in [3.05, 3.63) is 63.2 Å². The highest BCUT2D eigenvalue weighted by Gasteiger charge is 2.07. The molecule has 0 heterocycles. The third-order valence-corrected chi connectivity index (χ3v) is 4.64. The number of primary sulfonamides is 1. The zero-order valence-electron chi connectivity index (χ0n) is 11.6. The van der Waals surface area contributed by atoms with Crippen LogP contribution in [0.2, 0.25) is 0 Å². The number of rotatable bonds is 5. The topological polar surface area (TPSA) is 89.3 Å². The van der Waals surface area contributed by atoms with Crippen LogP contribution in [0.4, 0.5) is 0 Å². The largest absolute Gasteiger partial charge is 0.352 e. The summed E-state index contributed by atoms with van der Waals surface area (Å²) >= 11 is 2.16. The summed E-state index contributed by atoms with van der Waals surface area (Å²) in [5, 5.41) is 7.87. The van der Waals surface area contributed by atoms with Crippen molar-refractivity contribution in [2.45, 2.75) is 11.3 Å². The summed E-state index contributed by atoms with van der Waals surface area (Å²) in [5.41, 5.74) is 1.55. The van der Waals surface area contributed by atoms with Crippen molar-refractivity contribution in [2.24, 2.45) is 5.14 Å². The van der Waals surface area contributed by atoms with Gasteiger partial charge >= 0.3 is 0 Å². The average Bonchev–Trinajstić information content (AvgIpc) is 2.47. The van der Waals surface area contributed by atoms with E-state index >= 15 is 0 Å². The Hall–Kier alpha value is -1.45. The molecule has 0 aliphatic carbocycles.